The molecule has 1 aromatic carbocycles. The van der Waals surface area contributed by atoms with Gasteiger partial charge in [0.05, 0.1) is 6.61 Å². The predicted octanol–water partition coefficient (Wildman–Crippen LogP) is 2.87. The average molecular weight is 264 g/mol. The van der Waals surface area contributed by atoms with Gasteiger partial charge in [0, 0.05) is 18.3 Å². The normalized spacial score (nSPS) is 10.6. The molecule has 0 radical (unpaired) electrons. The number of urea groups is 1. The minimum Gasteiger partial charge on any atom is -0.395 e. The molecule has 0 aliphatic heterocycles. The van der Waals surface area contributed by atoms with Crippen LogP contribution in [-0.2, 0) is 6.42 Å². The molecule has 0 bridgehead atoms. The van der Waals surface area contributed by atoms with Crippen LogP contribution in [0.1, 0.15) is 32.8 Å². The van der Waals surface area contributed by atoms with Gasteiger partial charge in [-0.2, -0.15) is 0 Å². The van der Waals surface area contributed by atoms with Gasteiger partial charge in [0.1, 0.15) is 0 Å². The van der Waals surface area contributed by atoms with Crippen LogP contribution in [-0.4, -0.2) is 35.2 Å². The average Bonchev–Trinajstić information content (AvgIpc) is 2.38. The highest BCUT2D eigenvalue weighted by Crippen LogP contribution is 2.12. The molecular weight excluding hydrogens is 240 g/mol. The molecule has 0 unspecified atom stereocenters. The first-order valence-corrected chi connectivity index (χ1v) is 6.86. The van der Waals surface area contributed by atoms with E-state index in [1.165, 1.54) is 5.56 Å². The van der Waals surface area contributed by atoms with Gasteiger partial charge in [0.25, 0.3) is 0 Å². The second-order valence-corrected chi connectivity index (χ2v) is 4.89. The molecule has 4 heteroatoms. The zero-order valence-corrected chi connectivity index (χ0v) is 12.0. The molecule has 1 rings (SSSR count). The standard InChI is InChI=1S/C15H24N2O2/c1-4-5-13-6-8-14(9-7-13)16-15(19)17(10-11-18)12(2)3/h6-9,12,18H,4-5,10-11H2,1-3H3,(H,16,19). The molecule has 19 heavy (non-hydrogen) atoms. The molecule has 0 saturated carbocycles. The van der Waals surface area contributed by atoms with Gasteiger partial charge in [-0.3, -0.25) is 0 Å². The number of nitrogens with one attached hydrogen (secondary N) is 1. The lowest BCUT2D eigenvalue weighted by Gasteiger charge is -2.26. The SMILES string of the molecule is CCCc1ccc(NC(=O)N(CCO)C(C)C)cc1. The van der Waals surface area contributed by atoms with E-state index in [1.807, 2.05) is 38.1 Å². The highest BCUT2D eigenvalue weighted by Gasteiger charge is 2.15. The van der Waals surface area contributed by atoms with Crippen molar-refractivity contribution in [1.29, 1.82) is 0 Å². The van der Waals surface area contributed by atoms with Crippen LogP contribution >= 0.6 is 0 Å². The van der Waals surface area contributed by atoms with E-state index in [1.54, 1.807) is 4.90 Å². The fourth-order valence-electron chi connectivity index (χ4n) is 1.94. The van der Waals surface area contributed by atoms with Gasteiger partial charge >= 0.3 is 6.03 Å². The monoisotopic (exact) mass is 264 g/mol. The largest absolute Gasteiger partial charge is 0.395 e. The van der Waals surface area contributed by atoms with Crippen molar-refractivity contribution >= 4 is 11.7 Å². The van der Waals surface area contributed by atoms with E-state index in [2.05, 4.69) is 12.2 Å². The third kappa shape index (κ3) is 4.91. The number of hydrogen-bond acceptors (Lipinski definition) is 2. The van der Waals surface area contributed by atoms with E-state index >= 15 is 0 Å². The summed E-state index contributed by atoms with van der Waals surface area (Å²) in [7, 11) is 0. The molecule has 2 N–H and O–H groups in total. The van der Waals surface area contributed by atoms with Gasteiger partial charge < -0.3 is 15.3 Å². The Hall–Kier alpha value is -1.55. The fourth-order valence-corrected chi connectivity index (χ4v) is 1.94. The van der Waals surface area contributed by atoms with E-state index in [4.69, 9.17) is 5.11 Å². The van der Waals surface area contributed by atoms with Crippen molar-refractivity contribution in [3.63, 3.8) is 0 Å². The topological polar surface area (TPSA) is 52.6 Å². The first-order chi connectivity index (χ1) is 9.08. The molecule has 0 heterocycles. The number of aliphatic hydroxyl groups excluding tert-OH is 1. The molecule has 0 spiro atoms. The van der Waals surface area contributed by atoms with E-state index in [9.17, 15) is 4.79 Å². The molecule has 0 aliphatic rings. The number of nitrogens with zero attached hydrogens (tertiary/aromatic N) is 1. The minimum absolute atomic E-state index is 0.0267. The van der Waals surface area contributed by atoms with Crippen molar-refractivity contribution in [1.82, 2.24) is 4.90 Å². The summed E-state index contributed by atoms with van der Waals surface area (Å²) in [6.45, 7) is 6.32. The Kier molecular flexibility index (Phi) is 6.36. The summed E-state index contributed by atoms with van der Waals surface area (Å²) >= 11 is 0. The van der Waals surface area contributed by atoms with Crippen molar-refractivity contribution in [2.45, 2.75) is 39.7 Å². The lowest BCUT2D eigenvalue weighted by Crippen LogP contribution is -2.41. The molecule has 106 valence electrons. The van der Waals surface area contributed by atoms with Crippen LogP contribution in [0, 0.1) is 0 Å². The second-order valence-electron chi connectivity index (χ2n) is 4.89. The lowest BCUT2D eigenvalue weighted by molar-refractivity contribution is 0.172. The Bertz CT molecular complexity index is 388. The molecule has 0 aliphatic carbocycles. The summed E-state index contributed by atoms with van der Waals surface area (Å²) in [6.07, 6.45) is 2.17. The Morgan fingerprint density at radius 1 is 1.32 bits per heavy atom. The summed E-state index contributed by atoms with van der Waals surface area (Å²) in [6, 6.07) is 7.79. The van der Waals surface area contributed by atoms with Crippen LogP contribution in [0.4, 0.5) is 10.5 Å². The predicted molar refractivity (Wildman–Crippen MR) is 78.4 cm³/mol. The van der Waals surface area contributed by atoms with Crippen molar-refractivity contribution in [2.75, 3.05) is 18.5 Å². The third-order valence-corrected chi connectivity index (χ3v) is 2.97. The van der Waals surface area contributed by atoms with Crippen molar-refractivity contribution in [2.24, 2.45) is 0 Å². The van der Waals surface area contributed by atoms with Crippen LogP contribution in [0.3, 0.4) is 0 Å². The minimum atomic E-state index is -0.174. The van der Waals surface area contributed by atoms with E-state index in [0.717, 1.165) is 18.5 Å². The molecule has 4 nitrogen and oxygen atoms in total. The number of amides is 2. The molecule has 0 fully saturated rings. The van der Waals surface area contributed by atoms with Crippen molar-refractivity contribution in [3.8, 4) is 0 Å². The lowest BCUT2D eigenvalue weighted by atomic mass is 10.1. The quantitative estimate of drug-likeness (QED) is 0.830. The smallest absolute Gasteiger partial charge is 0.322 e. The van der Waals surface area contributed by atoms with Crippen LogP contribution in [0.25, 0.3) is 0 Å². The first-order valence-electron chi connectivity index (χ1n) is 6.86. The fraction of sp³-hybridized carbons (Fsp3) is 0.533. The third-order valence-electron chi connectivity index (χ3n) is 2.97. The number of aliphatic hydroxyl groups is 1. The Labute approximate surface area is 115 Å². The molecule has 2 amide bonds. The van der Waals surface area contributed by atoms with Crippen molar-refractivity contribution in [3.05, 3.63) is 29.8 Å². The number of carbonyl (C=O) groups is 1. The molecule has 0 aromatic heterocycles. The van der Waals surface area contributed by atoms with Crippen LogP contribution in [0.2, 0.25) is 0 Å². The summed E-state index contributed by atoms with van der Waals surface area (Å²) < 4.78 is 0. The number of anilines is 1. The van der Waals surface area contributed by atoms with Crippen LogP contribution in [0.15, 0.2) is 24.3 Å². The molecular formula is C15H24N2O2. The number of carbonyl (C=O) groups excluding carboxylic acids is 1. The number of benzene rings is 1. The first kappa shape index (κ1) is 15.5. The van der Waals surface area contributed by atoms with Gasteiger partial charge in [0.2, 0.25) is 0 Å². The van der Waals surface area contributed by atoms with E-state index in [-0.39, 0.29) is 18.7 Å². The highest BCUT2D eigenvalue weighted by atomic mass is 16.3. The summed E-state index contributed by atoms with van der Waals surface area (Å²) in [4.78, 5) is 13.7. The second kappa shape index (κ2) is 7.79. The van der Waals surface area contributed by atoms with Crippen LogP contribution < -0.4 is 5.32 Å². The Morgan fingerprint density at radius 3 is 2.42 bits per heavy atom. The highest BCUT2D eigenvalue weighted by molar-refractivity contribution is 5.89. The summed E-state index contributed by atoms with van der Waals surface area (Å²) in [5.74, 6) is 0. The maximum absolute atomic E-state index is 12.1. The number of rotatable bonds is 6. The maximum Gasteiger partial charge on any atom is 0.322 e. The Morgan fingerprint density at radius 2 is 1.95 bits per heavy atom. The van der Waals surface area contributed by atoms with Crippen molar-refractivity contribution < 1.29 is 9.90 Å². The van der Waals surface area contributed by atoms with Gasteiger partial charge in [-0.15, -0.1) is 0 Å². The van der Waals surface area contributed by atoms with Gasteiger partial charge in [-0.25, -0.2) is 4.79 Å². The molecule has 0 atom stereocenters. The molecule has 1 aromatic rings. The maximum atomic E-state index is 12.1. The summed E-state index contributed by atoms with van der Waals surface area (Å²) in [5.41, 5.74) is 2.06. The molecule has 0 saturated heterocycles. The van der Waals surface area contributed by atoms with E-state index in [0.29, 0.717) is 6.54 Å². The zero-order valence-electron chi connectivity index (χ0n) is 12.0. The zero-order chi connectivity index (χ0) is 14.3. The summed E-state index contributed by atoms with van der Waals surface area (Å²) in [5, 5.41) is 11.8. The number of aryl methyl sites for hydroxylation is 1. The van der Waals surface area contributed by atoms with Gasteiger partial charge in [-0.1, -0.05) is 25.5 Å². The number of hydrogen-bond donors (Lipinski definition) is 2. The van der Waals surface area contributed by atoms with Gasteiger partial charge in [-0.05, 0) is 38.0 Å². The van der Waals surface area contributed by atoms with E-state index < -0.39 is 0 Å². The van der Waals surface area contributed by atoms with Gasteiger partial charge in [0.15, 0.2) is 0 Å². The van der Waals surface area contributed by atoms with Crippen LogP contribution in [0.5, 0.6) is 0 Å². The Balaban J connectivity index is 2.64.